The van der Waals surface area contributed by atoms with Gasteiger partial charge in [0, 0.05) is 0 Å². The Morgan fingerprint density at radius 2 is 1.52 bits per heavy atom. The fraction of sp³-hybridized carbons (Fsp3) is 1.00. The van der Waals surface area contributed by atoms with Crippen LogP contribution >= 0.6 is 7.60 Å². The van der Waals surface area contributed by atoms with E-state index in [0.717, 1.165) is 32.1 Å². The molecule has 0 spiro atoms. The standard InChI is InChI=1S/C10H23O3P.C6H13N/c1-4-7-8-10(5-2,6-3)9-14(11,12)13;1-2-4-6-7-5-3-1/h4-9H2,1-3H3,(H2,11,12,13);7H,1-6H2. The highest BCUT2D eigenvalue weighted by Gasteiger charge is 2.33. The second-order valence-corrected chi connectivity index (χ2v) is 7.94. The fourth-order valence-corrected chi connectivity index (χ4v) is 4.35. The van der Waals surface area contributed by atoms with Crippen molar-refractivity contribution in [3.63, 3.8) is 0 Å². The second-order valence-electron chi connectivity index (χ2n) is 6.30. The summed E-state index contributed by atoms with van der Waals surface area (Å²) in [7, 11) is -3.86. The molecule has 21 heavy (non-hydrogen) atoms. The Labute approximate surface area is 131 Å². The van der Waals surface area contributed by atoms with Gasteiger partial charge < -0.3 is 15.1 Å². The summed E-state index contributed by atoms with van der Waals surface area (Å²) in [5, 5.41) is 3.35. The highest BCUT2D eigenvalue weighted by Crippen LogP contribution is 2.47. The van der Waals surface area contributed by atoms with E-state index in [1.54, 1.807) is 0 Å². The van der Waals surface area contributed by atoms with E-state index >= 15 is 0 Å². The lowest BCUT2D eigenvalue weighted by Gasteiger charge is -2.31. The van der Waals surface area contributed by atoms with E-state index in [1.165, 1.54) is 38.8 Å². The summed E-state index contributed by atoms with van der Waals surface area (Å²) < 4.78 is 11.0. The zero-order valence-corrected chi connectivity index (χ0v) is 15.1. The molecule has 0 amide bonds. The van der Waals surface area contributed by atoms with Crippen molar-refractivity contribution in [1.82, 2.24) is 5.32 Å². The molecule has 0 aromatic carbocycles. The van der Waals surface area contributed by atoms with Gasteiger partial charge in [-0.3, -0.25) is 4.57 Å². The Morgan fingerprint density at radius 3 is 1.90 bits per heavy atom. The van der Waals surface area contributed by atoms with Crippen molar-refractivity contribution >= 4 is 7.60 Å². The summed E-state index contributed by atoms with van der Waals surface area (Å²) in [6.45, 7) is 8.65. The fourth-order valence-electron chi connectivity index (χ4n) is 2.87. The van der Waals surface area contributed by atoms with E-state index in [-0.39, 0.29) is 11.6 Å². The summed E-state index contributed by atoms with van der Waals surface area (Å²) in [6, 6.07) is 0. The molecule has 0 saturated carbocycles. The summed E-state index contributed by atoms with van der Waals surface area (Å²) in [5.41, 5.74) is -0.144. The van der Waals surface area contributed by atoms with E-state index in [2.05, 4.69) is 12.2 Å². The molecule has 0 bridgehead atoms. The first-order valence-corrected chi connectivity index (χ1v) is 10.4. The molecule has 0 unspecified atom stereocenters. The molecular weight excluding hydrogens is 285 g/mol. The predicted octanol–water partition coefficient (Wildman–Crippen LogP) is 4.31. The Balaban J connectivity index is 0.000000471. The zero-order valence-electron chi connectivity index (χ0n) is 14.2. The molecule has 4 nitrogen and oxygen atoms in total. The van der Waals surface area contributed by atoms with E-state index < -0.39 is 7.60 Å². The number of hydrogen-bond acceptors (Lipinski definition) is 2. The molecule has 1 saturated heterocycles. The van der Waals surface area contributed by atoms with Crippen LogP contribution in [0.3, 0.4) is 0 Å². The summed E-state index contributed by atoms with van der Waals surface area (Å²) in [5.74, 6) is 0. The molecule has 1 fully saturated rings. The van der Waals surface area contributed by atoms with E-state index in [1.807, 2.05) is 13.8 Å². The molecule has 1 rings (SSSR count). The third-order valence-electron chi connectivity index (χ3n) is 4.56. The van der Waals surface area contributed by atoms with Crippen molar-refractivity contribution < 1.29 is 14.4 Å². The topological polar surface area (TPSA) is 69.6 Å². The lowest BCUT2D eigenvalue weighted by molar-refractivity contribution is 0.245. The van der Waals surface area contributed by atoms with Gasteiger partial charge in [-0.1, -0.05) is 46.5 Å². The number of nitrogens with one attached hydrogen (secondary N) is 1. The molecule has 0 atom stereocenters. The molecule has 0 aliphatic carbocycles. The molecule has 1 heterocycles. The predicted molar refractivity (Wildman–Crippen MR) is 90.8 cm³/mol. The Hall–Kier alpha value is 0.110. The van der Waals surface area contributed by atoms with Crippen LogP contribution in [-0.4, -0.2) is 29.0 Å². The van der Waals surface area contributed by atoms with Crippen LogP contribution in [0.25, 0.3) is 0 Å². The normalized spacial score (nSPS) is 16.8. The van der Waals surface area contributed by atoms with Crippen LogP contribution in [0.15, 0.2) is 0 Å². The highest BCUT2D eigenvalue weighted by molar-refractivity contribution is 7.51. The number of hydrogen-bond donors (Lipinski definition) is 3. The SMILES string of the molecule is C1CCCNCC1.CCCCC(CC)(CC)CP(=O)(O)O. The Bertz CT molecular complexity index is 268. The molecule has 0 aromatic rings. The molecule has 0 aromatic heterocycles. The van der Waals surface area contributed by atoms with Crippen LogP contribution in [0.5, 0.6) is 0 Å². The lowest BCUT2D eigenvalue weighted by atomic mass is 9.80. The van der Waals surface area contributed by atoms with Gasteiger partial charge in [-0.2, -0.15) is 0 Å². The lowest BCUT2D eigenvalue weighted by Crippen LogP contribution is -2.23. The maximum Gasteiger partial charge on any atom is 0.326 e. The molecule has 3 N–H and O–H groups in total. The van der Waals surface area contributed by atoms with Crippen LogP contribution in [0.4, 0.5) is 0 Å². The largest absolute Gasteiger partial charge is 0.326 e. The highest BCUT2D eigenvalue weighted by atomic mass is 31.2. The van der Waals surface area contributed by atoms with E-state index in [0.29, 0.717) is 0 Å². The maximum atomic E-state index is 11.0. The van der Waals surface area contributed by atoms with Crippen LogP contribution < -0.4 is 5.32 Å². The minimum absolute atomic E-state index is 0.0486. The third-order valence-corrected chi connectivity index (χ3v) is 5.64. The first-order valence-electron chi connectivity index (χ1n) is 8.64. The summed E-state index contributed by atoms with van der Waals surface area (Å²) in [6.07, 6.45) is 10.5. The van der Waals surface area contributed by atoms with Gasteiger partial charge >= 0.3 is 7.60 Å². The maximum absolute atomic E-state index is 11.0. The van der Waals surface area contributed by atoms with Crippen LogP contribution in [0, 0.1) is 5.41 Å². The van der Waals surface area contributed by atoms with Crippen molar-refractivity contribution in [2.24, 2.45) is 5.41 Å². The van der Waals surface area contributed by atoms with Gasteiger partial charge in [-0.05, 0) is 50.6 Å². The molecular formula is C16H36NO3P. The zero-order chi connectivity index (χ0) is 16.2. The first-order chi connectivity index (χ1) is 9.89. The van der Waals surface area contributed by atoms with Gasteiger partial charge in [0.05, 0.1) is 6.16 Å². The smallest absolute Gasteiger partial charge is 0.324 e. The minimum Gasteiger partial charge on any atom is -0.324 e. The Morgan fingerprint density at radius 1 is 1.00 bits per heavy atom. The van der Waals surface area contributed by atoms with Gasteiger partial charge in [0.25, 0.3) is 0 Å². The van der Waals surface area contributed by atoms with Crippen molar-refractivity contribution in [2.75, 3.05) is 19.3 Å². The number of rotatable bonds is 7. The third kappa shape index (κ3) is 11.3. The van der Waals surface area contributed by atoms with Crippen LogP contribution in [-0.2, 0) is 4.57 Å². The van der Waals surface area contributed by atoms with E-state index in [4.69, 9.17) is 9.79 Å². The molecule has 0 radical (unpaired) electrons. The first kappa shape index (κ1) is 21.1. The summed E-state index contributed by atoms with van der Waals surface area (Å²) >= 11 is 0. The molecule has 128 valence electrons. The van der Waals surface area contributed by atoms with Gasteiger partial charge in [0.1, 0.15) is 0 Å². The molecule has 1 aliphatic heterocycles. The van der Waals surface area contributed by atoms with Crippen LogP contribution in [0.2, 0.25) is 0 Å². The van der Waals surface area contributed by atoms with Gasteiger partial charge in [-0.25, -0.2) is 0 Å². The van der Waals surface area contributed by atoms with Crippen LogP contribution in [0.1, 0.15) is 78.6 Å². The van der Waals surface area contributed by atoms with Crippen molar-refractivity contribution in [3.05, 3.63) is 0 Å². The Kier molecular flexibility index (Phi) is 11.7. The van der Waals surface area contributed by atoms with Crippen molar-refractivity contribution in [3.8, 4) is 0 Å². The second kappa shape index (κ2) is 11.6. The van der Waals surface area contributed by atoms with Gasteiger partial charge in [0.15, 0.2) is 0 Å². The summed E-state index contributed by atoms with van der Waals surface area (Å²) in [4.78, 5) is 18.1. The van der Waals surface area contributed by atoms with Gasteiger partial charge in [0.2, 0.25) is 0 Å². The number of unbranched alkanes of at least 4 members (excludes halogenated alkanes) is 1. The average molecular weight is 321 g/mol. The average Bonchev–Trinajstić information content (AvgIpc) is 2.75. The molecule has 5 heteroatoms. The van der Waals surface area contributed by atoms with E-state index in [9.17, 15) is 4.57 Å². The quantitative estimate of drug-likeness (QED) is 0.611. The molecule has 1 aliphatic rings. The minimum atomic E-state index is -3.86. The van der Waals surface area contributed by atoms with Crippen molar-refractivity contribution in [1.29, 1.82) is 0 Å². The van der Waals surface area contributed by atoms with Gasteiger partial charge in [-0.15, -0.1) is 0 Å². The monoisotopic (exact) mass is 321 g/mol. The van der Waals surface area contributed by atoms with Crippen molar-refractivity contribution in [2.45, 2.75) is 78.6 Å².